The van der Waals surface area contributed by atoms with Crippen LogP contribution < -0.4 is 15.1 Å². The maximum absolute atomic E-state index is 5.73. The summed E-state index contributed by atoms with van der Waals surface area (Å²) in [6, 6.07) is 22.0. The topological polar surface area (TPSA) is 46.6 Å². The van der Waals surface area contributed by atoms with Gasteiger partial charge in [-0.1, -0.05) is 30.3 Å². The fourth-order valence-corrected chi connectivity index (χ4v) is 3.06. The van der Waals surface area contributed by atoms with Crippen molar-refractivity contribution in [2.24, 2.45) is 0 Å². The number of methoxy groups -OCH3 is 1. The summed E-state index contributed by atoms with van der Waals surface area (Å²) in [6.45, 7) is 0. The van der Waals surface area contributed by atoms with E-state index in [4.69, 9.17) is 9.57 Å². The van der Waals surface area contributed by atoms with Crippen LogP contribution in [0.15, 0.2) is 72.9 Å². The van der Waals surface area contributed by atoms with Crippen molar-refractivity contribution in [3.05, 3.63) is 84.1 Å². The van der Waals surface area contributed by atoms with Crippen molar-refractivity contribution in [2.45, 2.75) is 0 Å². The number of benzene rings is 2. The summed E-state index contributed by atoms with van der Waals surface area (Å²) in [6.07, 6.45) is 1.76. The zero-order valence-electron chi connectivity index (χ0n) is 14.6. The fraction of sp³-hybridized carbons (Fsp3) is 0.0952. The molecular weight excluding hydrogens is 326 g/mol. The number of nitrogens with one attached hydrogen (secondary N) is 1. The fourth-order valence-electron chi connectivity index (χ4n) is 3.06. The first kappa shape index (κ1) is 16.2. The molecule has 0 fully saturated rings. The van der Waals surface area contributed by atoms with Gasteiger partial charge in [0.1, 0.15) is 11.4 Å². The van der Waals surface area contributed by atoms with Crippen molar-refractivity contribution in [3.8, 4) is 5.75 Å². The lowest BCUT2D eigenvalue weighted by Crippen LogP contribution is -2.28. The van der Waals surface area contributed by atoms with E-state index >= 15 is 0 Å². The number of hydroxylamine groups is 1. The van der Waals surface area contributed by atoms with E-state index in [1.165, 1.54) is 0 Å². The minimum atomic E-state index is 0.728. The van der Waals surface area contributed by atoms with Gasteiger partial charge in [-0.15, -0.1) is 0 Å². The number of anilines is 2. The Balaban J connectivity index is 1.93. The largest absolute Gasteiger partial charge is 0.497 e. The summed E-state index contributed by atoms with van der Waals surface area (Å²) in [5.74, 6) is 1.54. The molecule has 0 saturated heterocycles. The number of pyridine rings is 1. The van der Waals surface area contributed by atoms with E-state index in [-0.39, 0.29) is 0 Å². The number of aromatic nitrogens is 1. The number of rotatable bonds is 4. The van der Waals surface area contributed by atoms with Gasteiger partial charge in [-0.3, -0.25) is 4.84 Å². The van der Waals surface area contributed by atoms with E-state index in [0.29, 0.717) is 0 Å². The smallest absolute Gasteiger partial charge is 0.181 e. The zero-order chi connectivity index (χ0) is 17.9. The Kier molecular flexibility index (Phi) is 4.29. The molecule has 0 amide bonds. The van der Waals surface area contributed by atoms with E-state index in [1.807, 2.05) is 54.6 Å². The van der Waals surface area contributed by atoms with Crippen LogP contribution in [0.4, 0.5) is 11.5 Å². The van der Waals surface area contributed by atoms with E-state index in [1.54, 1.807) is 25.5 Å². The van der Waals surface area contributed by atoms with Crippen LogP contribution in [0, 0.1) is 0 Å². The van der Waals surface area contributed by atoms with E-state index in [0.717, 1.165) is 39.8 Å². The van der Waals surface area contributed by atoms with Crippen molar-refractivity contribution in [1.82, 2.24) is 4.98 Å². The molecular formula is C21H19N3O2. The first-order valence-corrected chi connectivity index (χ1v) is 8.32. The molecule has 0 spiro atoms. The monoisotopic (exact) mass is 345 g/mol. The molecule has 5 nitrogen and oxygen atoms in total. The molecule has 0 atom stereocenters. The van der Waals surface area contributed by atoms with Gasteiger partial charge in [0, 0.05) is 17.3 Å². The molecule has 1 aliphatic heterocycles. The second-order valence-electron chi connectivity index (χ2n) is 5.79. The van der Waals surface area contributed by atoms with Crippen molar-refractivity contribution < 1.29 is 9.57 Å². The summed E-state index contributed by atoms with van der Waals surface area (Å²) in [4.78, 5) is 10.2. The van der Waals surface area contributed by atoms with Gasteiger partial charge in [-0.25, -0.2) is 4.98 Å². The minimum Gasteiger partial charge on any atom is -0.497 e. The lowest BCUT2D eigenvalue weighted by atomic mass is 10.0. The molecule has 0 bridgehead atoms. The first-order chi connectivity index (χ1) is 12.8. The second kappa shape index (κ2) is 6.90. The second-order valence-corrected chi connectivity index (χ2v) is 5.79. The van der Waals surface area contributed by atoms with Gasteiger partial charge < -0.3 is 10.1 Å². The summed E-state index contributed by atoms with van der Waals surface area (Å²) >= 11 is 0. The number of hydrogen-bond acceptors (Lipinski definition) is 5. The average molecular weight is 345 g/mol. The molecule has 26 heavy (non-hydrogen) atoms. The van der Waals surface area contributed by atoms with Crippen LogP contribution in [0.1, 0.15) is 11.1 Å². The third-order valence-corrected chi connectivity index (χ3v) is 4.29. The van der Waals surface area contributed by atoms with Crippen LogP contribution in [0.5, 0.6) is 5.75 Å². The van der Waals surface area contributed by atoms with Gasteiger partial charge in [0.2, 0.25) is 0 Å². The van der Waals surface area contributed by atoms with E-state index < -0.39 is 0 Å². The van der Waals surface area contributed by atoms with E-state index in [9.17, 15) is 0 Å². The maximum atomic E-state index is 5.73. The minimum absolute atomic E-state index is 0.728. The van der Waals surface area contributed by atoms with Crippen molar-refractivity contribution in [2.75, 3.05) is 24.6 Å². The van der Waals surface area contributed by atoms with Crippen molar-refractivity contribution >= 4 is 22.9 Å². The molecule has 1 N–H and O–H groups in total. The molecule has 2 heterocycles. The maximum Gasteiger partial charge on any atom is 0.181 e. The molecule has 1 aromatic heterocycles. The average Bonchev–Trinajstić information content (AvgIpc) is 2.73. The normalized spacial score (nSPS) is 13.2. The van der Waals surface area contributed by atoms with Crippen LogP contribution >= 0.6 is 0 Å². The summed E-state index contributed by atoms with van der Waals surface area (Å²) in [5, 5.41) is 5.28. The third-order valence-electron chi connectivity index (χ3n) is 4.29. The van der Waals surface area contributed by atoms with Gasteiger partial charge in [0.25, 0.3) is 0 Å². The summed E-state index contributed by atoms with van der Waals surface area (Å²) in [7, 11) is 3.31. The zero-order valence-corrected chi connectivity index (χ0v) is 14.6. The lowest BCUT2D eigenvalue weighted by Gasteiger charge is -2.33. The number of fused-ring (bicyclic) bond motifs is 1. The van der Waals surface area contributed by atoms with Crippen LogP contribution in [-0.2, 0) is 4.84 Å². The highest BCUT2D eigenvalue weighted by Gasteiger charge is 2.28. The molecule has 1 aliphatic rings. The molecule has 3 aromatic rings. The van der Waals surface area contributed by atoms with Crippen molar-refractivity contribution in [3.63, 3.8) is 0 Å². The van der Waals surface area contributed by atoms with Crippen LogP contribution in [0.2, 0.25) is 0 Å². The highest BCUT2D eigenvalue weighted by atomic mass is 16.7. The standard InChI is InChI=1S/C21H19N3O2/c1-25-17-12-10-15(11-13-17)19-20(16-7-4-3-5-8-16)24(26-2)21-18(23-19)9-6-14-22-21/h3-14,23H,1-2H3. The van der Waals surface area contributed by atoms with Crippen LogP contribution in [0.25, 0.3) is 11.4 Å². The highest BCUT2D eigenvalue weighted by molar-refractivity contribution is 6.05. The Morgan fingerprint density at radius 1 is 0.846 bits per heavy atom. The Hall–Kier alpha value is -3.31. The van der Waals surface area contributed by atoms with Crippen LogP contribution in [-0.4, -0.2) is 19.2 Å². The molecule has 2 aromatic carbocycles. The Morgan fingerprint density at radius 2 is 1.62 bits per heavy atom. The van der Waals surface area contributed by atoms with Gasteiger partial charge >= 0.3 is 0 Å². The van der Waals surface area contributed by atoms with Gasteiger partial charge in [-0.2, -0.15) is 5.06 Å². The lowest BCUT2D eigenvalue weighted by molar-refractivity contribution is 0.202. The number of hydrogen-bond donors (Lipinski definition) is 1. The molecule has 0 saturated carbocycles. The predicted octanol–water partition coefficient (Wildman–Crippen LogP) is 4.41. The molecule has 0 aliphatic carbocycles. The van der Waals surface area contributed by atoms with Crippen LogP contribution in [0.3, 0.4) is 0 Å². The Bertz CT molecular complexity index is 937. The highest BCUT2D eigenvalue weighted by Crippen LogP contribution is 2.41. The quantitative estimate of drug-likeness (QED) is 0.759. The van der Waals surface area contributed by atoms with Crippen molar-refractivity contribution in [1.29, 1.82) is 0 Å². The molecule has 0 radical (unpaired) electrons. The first-order valence-electron chi connectivity index (χ1n) is 8.32. The SMILES string of the molecule is COc1ccc(C2=C(c3ccccc3)N(OC)c3ncccc3N2)cc1. The molecule has 4 rings (SSSR count). The summed E-state index contributed by atoms with van der Waals surface area (Å²) < 4.78 is 5.28. The number of ether oxygens (including phenoxy) is 1. The molecule has 0 unspecified atom stereocenters. The third kappa shape index (κ3) is 2.78. The Morgan fingerprint density at radius 3 is 2.31 bits per heavy atom. The molecule has 130 valence electrons. The summed E-state index contributed by atoms with van der Waals surface area (Å²) in [5.41, 5.74) is 4.80. The van der Waals surface area contributed by atoms with Gasteiger partial charge in [-0.05, 0) is 36.4 Å². The number of nitrogens with zero attached hydrogens (tertiary/aromatic N) is 2. The van der Waals surface area contributed by atoms with Gasteiger partial charge in [0.05, 0.1) is 25.6 Å². The van der Waals surface area contributed by atoms with Gasteiger partial charge in [0.15, 0.2) is 5.82 Å². The Labute approximate surface area is 152 Å². The molecule has 5 heteroatoms. The van der Waals surface area contributed by atoms with E-state index in [2.05, 4.69) is 22.4 Å². The predicted molar refractivity (Wildman–Crippen MR) is 104 cm³/mol.